The molecule has 1 rings (SSSR count). The molecule has 0 amide bonds. The second-order valence-corrected chi connectivity index (χ2v) is 4.07. The van der Waals surface area contributed by atoms with E-state index in [2.05, 4.69) is 0 Å². The Kier molecular flexibility index (Phi) is 1.77. The summed E-state index contributed by atoms with van der Waals surface area (Å²) in [6.45, 7) is 6.12. The van der Waals surface area contributed by atoms with Gasteiger partial charge in [0.25, 0.3) is 0 Å². The quantitative estimate of drug-likeness (QED) is 0.511. The van der Waals surface area contributed by atoms with Crippen molar-refractivity contribution in [2.75, 3.05) is 0 Å². The monoisotopic (exact) mass is 160 g/mol. The van der Waals surface area contributed by atoms with Crippen LogP contribution in [0.4, 0.5) is 4.39 Å². The molecule has 1 nitrogen and oxygen atoms in total. The van der Waals surface area contributed by atoms with E-state index in [1.807, 2.05) is 25.3 Å². The normalized spacial score (nSPS) is 12.0. The van der Waals surface area contributed by atoms with Crippen molar-refractivity contribution in [3.63, 3.8) is 0 Å². The highest BCUT2D eigenvalue weighted by Gasteiger charge is 2.22. The molecule has 1 aromatic rings. The first-order valence-corrected chi connectivity index (χ1v) is 4.04. The molecule has 0 unspecified atom stereocenters. The summed E-state index contributed by atoms with van der Waals surface area (Å²) < 4.78 is 14.3. The highest BCUT2D eigenvalue weighted by atomic mass is 32.1. The van der Waals surface area contributed by atoms with Crippen molar-refractivity contribution < 1.29 is 8.96 Å². The van der Waals surface area contributed by atoms with E-state index in [4.69, 9.17) is 0 Å². The largest absolute Gasteiger partial charge is 0.245 e. The van der Waals surface area contributed by atoms with E-state index in [1.54, 1.807) is 5.51 Å². The van der Waals surface area contributed by atoms with Gasteiger partial charge in [-0.05, 0) is 11.3 Å². The number of halogens is 1. The van der Waals surface area contributed by atoms with E-state index in [1.165, 1.54) is 6.20 Å². The Labute approximate surface area is 64.1 Å². The molecule has 0 saturated heterocycles. The minimum absolute atomic E-state index is 0.000833. The molecule has 0 N–H and O–H groups in total. The lowest BCUT2D eigenvalue weighted by atomic mass is 10.1. The van der Waals surface area contributed by atoms with Crippen LogP contribution in [-0.4, -0.2) is 0 Å². The molecule has 0 fully saturated rings. The number of hydrogen-bond acceptors (Lipinski definition) is 1. The smallest absolute Gasteiger partial charge is 0.188 e. The summed E-state index contributed by atoms with van der Waals surface area (Å²) in [5, 5.41) is -0.130. The Hall–Kier alpha value is -0.440. The Morgan fingerprint density at radius 2 is 2.10 bits per heavy atom. The van der Waals surface area contributed by atoms with E-state index in [0.29, 0.717) is 0 Å². The Morgan fingerprint density at radius 1 is 1.50 bits per heavy atom. The second-order valence-electron chi connectivity index (χ2n) is 3.23. The average Bonchev–Trinajstić information content (AvgIpc) is 2.11. The molecule has 3 heteroatoms. The van der Waals surface area contributed by atoms with E-state index in [0.717, 1.165) is 11.3 Å². The molecular weight excluding hydrogens is 149 g/mol. The first kappa shape index (κ1) is 7.66. The number of rotatable bonds is 0. The van der Waals surface area contributed by atoms with Crippen LogP contribution in [0.15, 0.2) is 11.7 Å². The van der Waals surface area contributed by atoms with Crippen molar-refractivity contribution in [3.05, 3.63) is 16.8 Å². The lowest BCUT2D eigenvalue weighted by Crippen LogP contribution is -2.48. The van der Waals surface area contributed by atoms with Crippen LogP contribution in [0, 0.1) is 5.13 Å². The second kappa shape index (κ2) is 2.31. The zero-order valence-corrected chi connectivity index (χ0v) is 7.20. The van der Waals surface area contributed by atoms with Gasteiger partial charge in [0.15, 0.2) is 5.54 Å². The lowest BCUT2D eigenvalue weighted by Gasteiger charge is -2.08. The lowest BCUT2D eigenvalue weighted by molar-refractivity contribution is -0.750. The van der Waals surface area contributed by atoms with Gasteiger partial charge in [-0.2, -0.15) is 8.96 Å². The average molecular weight is 160 g/mol. The van der Waals surface area contributed by atoms with Crippen LogP contribution in [-0.2, 0) is 5.54 Å². The zero-order chi connectivity index (χ0) is 7.78. The highest BCUT2D eigenvalue weighted by molar-refractivity contribution is 7.07. The molecule has 0 bridgehead atoms. The summed E-state index contributed by atoms with van der Waals surface area (Å²) in [6.07, 6.45) is 1.52. The molecule has 1 heterocycles. The van der Waals surface area contributed by atoms with Crippen molar-refractivity contribution in [2.24, 2.45) is 0 Å². The van der Waals surface area contributed by atoms with Crippen molar-refractivity contribution in [1.29, 1.82) is 0 Å². The summed E-state index contributed by atoms with van der Waals surface area (Å²) in [4.78, 5) is 0. The van der Waals surface area contributed by atoms with Crippen LogP contribution < -0.4 is 4.57 Å². The number of nitrogens with zero attached hydrogens (tertiary/aromatic N) is 1. The van der Waals surface area contributed by atoms with Crippen molar-refractivity contribution in [3.8, 4) is 0 Å². The van der Waals surface area contributed by atoms with Gasteiger partial charge in [0.05, 0.1) is 0 Å². The van der Waals surface area contributed by atoms with Crippen molar-refractivity contribution in [2.45, 2.75) is 26.3 Å². The predicted octanol–water partition coefficient (Wildman–Crippen LogP) is 1.93. The first-order valence-electron chi connectivity index (χ1n) is 3.16. The fourth-order valence-electron chi connectivity index (χ4n) is 0.629. The van der Waals surface area contributed by atoms with Crippen molar-refractivity contribution in [1.82, 2.24) is 0 Å². The fourth-order valence-corrected chi connectivity index (χ4v) is 1.39. The third-order valence-electron chi connectivity index (χ3n) is 1.29. The fraction of sp³-hybridized carbons (Fsp3) is 0.571. The summed E-state index contributed by atoms with van der Waals surface area (Å²) >= 11 is 1.13. The SMILES string of the molecule is CC(C)(C)[n+]1csc(F)c1. The minimum Gasteiger partial charge on any atom is -0.188 e. The third-order valence-corrected chi connectivity index (χ3v) is 1.96. The molecule has 10 heavy (non-hydrogen) atoms. The highest BCUT2D eigenvalue weighted by Crippen LogP contribution is 2.08. The van der Waals surface area contributed by atoms with E-state index in [9.17, 15) is 4.39 Å². The van der Waals surface area contributed by atoms with Gasteiger partial charge in [-0.3, -0.25) is 0 Å². The van der Waals surface area contributed by atoms with Gasteiger partial charge in [0.1, 0.15) is 0 Å². The van der Waals surface area contributed by atoms with E-state index < -0.39 is 0 Å². The molecule has 0 atom stereocenters. The summed E-state index contributed by atoms with van der Waals surface area (Å²) in [7, 11) is 0. The summed E-state index contributed by atoms with van der Waals surface area (Å²) in [5.74, 6) is 0. The molecule has 0 aliphatic rings. The van der Waals surface area contributed by atoms with Gasteiger partial charge in [-0.15, -0.1) is 0 Å². The summed E-state index contributed by atoms with van der Waals surface area (Å²) in [5.41, 5.74) is 1.79. The Balaban J connectivity index is 2.96. The van der Waals surface area contributed by atoms with Crippen LogP contribution in [0.3, 0.4) is 0 Å². The number of hydrogen-bond donors (Lipinski definition) is 0. The maximum Gasteiger partial charge on any atom is 0.245 e. The predicted molar refractivity (Wildman–Crippen MR) is 39.5 cm³/mol. The van der Waals surface area contributed by atoms with Crippen LogP contribution in [0.25, 0.3) is 0 Å². The topological polar surface area (TPSA) is 3.88 Å². The van der Waals surface area contributed by atoms with Gasteiger partial charge >= 0.3 is 0 Å². The number of aromatic nitrogens is 1. The van der Waals surface area contributed by atoms with E-state index in [-0.39, 0.29) is 10.7 Å². The molecule has 0 aliphatic carbocycles. The van der Waals surface area contributed by atoms with E-state index >= 15 is 0 Å². The van der Waals surface area contributed by atoms with Crippen LogP contribution in [0.5, 0.6) is 0 Å². The van der Waals surface area contributed by atoms with Gasteiger partial charge in [-0.25, -0.2) is 0 Å². The van der Waals surface area contributed by atoms with Gasteiger partial charge in [0.2, 0.25) is 16.8 Å². The minimum atomic E-state index is -0.130. The van der Waals surface area contributed by atoms with Gasteiger partial charge in [0, 0.05) is 20.8 Å². The molecule has 1 aromatic heterocycles. The molecule has 0 spiro atoms. The first-order chi connectivity index (χ1) is 4.50. The van der Waals surface area contributed by atoms with Crippen LogP contribution in [0.1, 0.15) is 20.8 Å². The third kappa shape index (κ3) is 1.53. The number of thiazole rings is 1. The molecule has 56 valence electrons. The molecular formula is C7H11FNS+. The molecule has 0 saturated carbocycles. The molecule has 0 aliphatic heterocycles. The van der Waals surface area contributed by atoms with Gasteiger partial charge < -0.3 is 0 Å². The molecule has 0 radical (unpaired) electrons. The summed E-state index contributed by atoms with van der Waals surface area (Å²) in [6, 6.07) is 0. The maximum absolute atomic E-state index is 12.5. The van der Waals surface area contributed by atoms with Gasteiger partial charge in [-0.1, -0.05) is 0 Å². The Morgan fingerprint density at radius 3 is 2.30 bits per heavy atom. The zero-order valence-electron chi connectivity index (χ0n) is 6.39. The Bertz CT molecular complexity index is 224. The van der Waals surface area contributed by atoms with Crippen LogP contribution >= 0.6 is 11.3 Å². The maximum atomic E-state index is 12.5. The standard InChI is InChI=1S/C7H11FNS/c1-7(2,3)9-4-6(8)10-5-9/h4-5H,1-3H3/q+1. The van der Waals surface area contributed by atoms with Crippen molar-refractivity contribution >= 4 is 11.3 Å². The van der Waals surface area contributed by atoms with Crippen LogP contribution in [0.2, 0.25) is 0 Å². The molecule has 0 aromatic carbocycles.